The fourth-order valence-corrected chi connectivity index (χ4v) is 2.17. The van der Waals surface area contributed by atoms with Crippen LogP contribution in [0, 0.1) is 11.6 Å². The van der Waals surface area contributed by atoms with Crippen molar-refractivity contribution in [3.05, 3.63) is 70.2 Å². The number of hydrogen-bond acceptors (Lipinski definition) is 1. The summed E-state index contributed by atoms with van der Waals surface area (Å²) in [5.41, 5.74) is -0.679. The highest BCUT2D eigenvalue weighted by atomic mass is 35.5. The molecule has 19 heavy (non-hydrogen) atoms. The number of aliphatic hydroxyl groups is 1. The number of rotatable bonds is 3. The lowest BCUT2D eigenvalue weighted by molar-refractivity contribution is 0.0564. The van der Waals surface area contributed by atoms with Gasteiger partial charge in [0, 0.05) is 11.4 Å². The van der Waals surface area contributed by atoms with Crippen molar-refractivity contribution in [2.24, 2.45) is 0 Å². The monoisotopic (exact) mass is 282 g/mol. The molecule has 0 saturated heterocycles. The van der Waals surface area contributed by atoms with Crippen LogP contribution in [0.4, 0.5) is 8.78 Å². The SMILES string of the molecule is CC(O)(Cc1cc(Cl)ccc1F)c1cccc(F)c1. The van der Waals surface area contributed by atoms with Gasteiger partial charge >= 0.3 is 0 Å². The zero-order valence-electron chi connectivity index (χ0n) is 10.3. The summed E-state index contributed by atoms with van der Waals surface area (Å²) in [6, 6.07) is 9.79. The molecular weight excluding hydrogens is 270 g/mol. The van der Waals surface area contributed by atoms with Crippen molar-refractivity contribution in [3.8, 4) is 0 Å². The fraction of sp³-hybridized carbons (Fsp3) is 0.200. The van der Waals surface area contributed by atoms with Crippen molar-refractivity contribution in [3.63, 3.8) is 0 Å². The lowest BCUT2D eigenvalue weighted by Crippen LogP contribution is -2.25. The lowest BCUT2D eigenvalue weighted by Gasteiger charge is -2.24. The number of halogens is 3. The standard InChI is InChI=1S/C15H13ClF2O/c1-15(19,11-3-2-4-13(17)8-11)9-10-7-12(16)5-6-14(10)18/h2-8,19H,9H2,1H3. The summed E-state index contributed by atoms with van der Waals surface area (Å²) in [5, 5.41) is 10.8. The molecule has 0 radical (unpaired) electrons. The molecule has 0 aliphatic rings. The highest BCUT2D eigenvalue weighted by Gasteiger charge is 2.25. The Bertz CT molecular complexity index is 596. The van der Waals surface area contributed by atoms with Gasteiger partial charge in [-0.1, -0.05) is 23.7 Å². The minimum Gasteiger partial charge on any atom is -0.385 e. The Morgan fingerprint density at radius 3 is 2.58 bits per heavy atom. The molecule has 2 rings (SSSR count). The van der Waals surface area contributed by atoms with Crippen LogP contribution in [0.25, 0.3) is 0 Å². The summed E-state index contributed by atoms with van der Waals surface area (Å²) in [5.74, 6) is -0.884. The van der Waals surface area contributed by atoms with Crippen molar-refractivity contribution >= 4 is 11.6 Å². The Morgan fingerprint density at radius 1 is 1.16 bits per heavy atom. The second-order valence-electron chi connectivity index (χ2n) is 4.70. The molecule has 100 valence electrons. The smallest absolute Gasteiger partial charge is 0.126 e. The predicted molar refractivity (Wildman–Crippen MR) is 71.1 cm³/mol. The van der Waals surface area contributed by atoms with E-state index in [2.05, 4.69) is 0 Å². The largest absolute Gasteiger partial charge is 0.385 e. The first-order chi connectivity index (χ1) is 8.88. The van der Waals surface area contributed by atoms with Crippen LogP contribution < -0.4 is 0 Å². The molecule has 1 unspecified atom stereocenters. The zero-order valence-corrected chi connectivity index (χ0v) is 11.1. The van der Waals surface area contributed by atoms with Crippen LogP contribution in [0.3, 0.4) is 0 Å². The van der Waals surface area contributed by atoms with Gasteiger partial charge in [0.25, 0.3) is 0 Å². The van der Waals surface area contributed by atoms with E-state index in [-0.39, 0.29) is 6.42 Å². The van der Waals surface area contributed by atoms with Crippen molar-refractivity contribution in [2.45, 2.75) is 18.9 Å². The maximum Gasteiger partial charge on any atom is 0.126 e. The van der Waals surface area contributed by atoms with Crippen molar-refractivity contribution < 1.29 is 13.9 Å². The highest BCUT2D eigenvalue weighted by molar-refractivity contribution is 6.30. The Morgan fingerprint density at radius 2 is 1.89 bits per heavy atom. The van der Waals surface area contributed by atoms with E-state index in [1.54, 1.807) is 6.07 Å². The van der Waals surface area contributed by atoms with E-state index in [0.29, 0.717) is 16.1 Å². The number of hydrogen-bond donors (Lipinski definition) is 1. The molecule has 0 spiro atoms. The lowest BCUT2D eigenvalue weighted by atomic mass is 9.89. The Kier molecular flexibility index (Phi) is 3.88. The average Bonchev–Trinajstić information content (AvgIpc) is 2.33. The van der Waals surface area contributed by atoms with Crippen molar-refractivity contribution in [1.82, 2.24) is 0 Å². The van der Waals surface area contributed by atoms with Gasteiger partial charge in [-0.3, -0.25) is 0 Å². The fourth-order valence-electron chi connectivity index (χ4n) is 1.98. The molecule has 0 bridgehead atoms. The van der Waals surface area contributed by atoms with Crippen LogP contribution in [-0.4, -0.2) is 5.11 Å². The molecule has 0 fully saturated rings. The Labute approximate surface area is 115 Å². The van der Waals surface area contributed by atoms with E-state index < -0.39 is 17.2 Å². The highest BCUT2D eigenvalue weighted by Crippen LogP contribution is 2.28. The van der Waals surface area contributed by atoms with Gasteiger partial charge in [-0.05, 0) is 48.4 Å². The van der Waals surface area contributed by atoms with E-state index in [9.17, 15) is 13.9 Å². The van der Waals surface area contributed by atoms with Gasteiger partial charge in [-0.25, -0.2) is 8.78 Å². The summed E-state index contributed by atoms with van der Waals surface area (Å²) in [6.07, 6.45) is 0.0167. The molecule has 0 saturated carbocycles. The first-order valence-corrected chi connectivity index (χ1v) is 6.19. The first-order valence-electron chi connectivity index (χ1n) is 5.81. The molecule has 2 aromatic rings. The Hall–Kier alpha value is -1.45. The molecule has 1 N–H and O–H groups in total. The third-order valence-electron chi connectivity index (χ3n) is 2.99. The molecule has 0 heterocycles. The molecule has 1 nitrogen and oxygen atoms in total. The van der Waals surface area contributed by atoms with Gasteiger partial charge in [0.05, 0.1) is 5.60 Å². The average molecular weight is 283 g/mol. The molecule has 2 aromatic carbocycles. The van der Waals surface area contributed by atoms with E-state index >= 15 is 0 Å². The molecule has 0 aliphatic heterocycles. The second-order valence-corrected chi connectivity index (χ2v) is 5.13. The quantitative estimate of drug-likeness (QED) is 0.900. The maximum atomic E-state index is 13.7. The minimum absolute atomic E-state index is 0.0167. The third kappa shape index (κ3) is 3.31. The van der Waals surface area contributed by atoms with E-state index in [4.69, 9.17) is 11.6 Å². The first kappa shape index (κ1) is 14.0. The van der Waals surface area contributed by atoms with Gasteiger partial charge in [0.1, 0.15) is 11.6 Å². The predicted octanol–water partition coefficient (Wildman–Crippen LogP) is 4.07. The summed E-state index contributed by atoms with van der Waals surface area (Å²) in [6.45, 7) is 1.52. The van der Waals surface area contributed by atoms with E-state index in [1.165, 1.54) is 43.3 Å². The van der Waals surface area contributed by atoms with E-state index in [0.717, 1.165) is 0 Å². The van der Waals surface area contributed by atoms with Crippen LogP contribution in [-0.2, 0) is 12.0 Å². The van der Waals surface area contributed by atoms with Gasteiger partial charge in [0.15, 0.2) is 0 Å². The van der Waals surface area contributed by atoms with Crippen molar-refractivity contribution in [2.75, 3.05) is 0 Å². The normalized spacial score (nSPS) is 14.2. The van der Waals surface area contributed by atoms with Gasteiger partial charge in [-0.15, -0.1) is 0 Å². The van der Waals surface area contributed by atoms with Gasteiger partial charge < -0.3 is 5.11 Å². The minimum atomic E-state index is -1.37. The van der Waals surface area contributed by atoms with Crippen LogP contribution in [0.2, 0.25) is 5.02 Å². The van der Waals surface area contributed by atoms with Gasteiger partial charge in [-0.2, -0.15) is 0 Å². The van der Waals surface area contributed by atoms with Crippen LogP contribution in [0.1, 0.15) is 18.1 Å². The molecule has 0 aromatic heterocycles. The van der Waals surface area contributed by atoms with Gasteiger partial charge in [0.2, 0.25) is 0 Å². The third-order valence-corrected chi connectivity index (χ3v) is 3.22. The molecule has 4 heteroatoms. The summed E-state index contributed by atoms with van der Waals surface area (Å²) in [4.78, 5) is 0. The summed E-state index contributed by atoms with van der Waals surface area (Å²) >= 11 is 5.81. The summed E-state index contributed by atoms with van der Waals surface area (Å²) in [7, 11) is 0. The van der Waals surface area contributed by atoms with E-state index in [1.807, 2.05) is 0 Å². The van der Waals surface area contributed by atoms with Crippen molar-refractivity contribution in [1.29, 1.82) is 0 Å². The molecular formula is C15H13ClF2O. The molecule has 1 atom stereocenters. The Balaban J connectivity index is 2.33. The number of benzene rings is 2. The molecule has 0 amide bonds. The molecule has 0 aliphatic carbocycles. The zero-order chi connectivity index (χ0) is 14.0. The second kappa shape index (κ2) is 5.27. The van der Waals surface area contributed by atoms with Crippen LogP contribution in [0.5, 0.6) is 0 Å². The van der Waals surface area contributed by atoms with Crippen LogP contribution >= 0.6 is 11.6 Å². The summed E-state index contributed by atoms with van der Waals surface area (Å²) < 4.78 is 26.8. The topological polar surface area (TPSA) is 20.2 Å². The maximum absolute atomic E-state index is 13.7. The van der Waals surface area contributed by atoms with Crippen LogP contribution in [0.15, 0.2) is 42.5 Å².